The molecule has 2 heteroatoms. The maximum atomic E-state index is 3.61. The Morgan fingerprint density at radius 3 is 2.77 bits per heavy atom. The molecule has 0 aromatic carbocycles. The van der Waals surface area contributed by atoms with Crippen LogP contribution in [0.2, 0.25) is 0 Å². The quantitative estimate of drug-likeness (QED) is 0.683. The number of hydrogen-bond acceptors (Lipinski definition) is 2. The summed E-state index contributed by atoms with van der Waals surface area (Å²) < 4.78 is 0. The van der Waals surface area contributed by atoms with Crippen molar-refractivity contribution >= 4 is 11.8 Å². The molecule has 0 amide bonds. The molecule has 1 aliphatic heterocycles. The van der Waals surface area contributed by atoms with Crippen molar-refractivity contribution in [1.29, 1.82) is 0 Å². The fraction of sp³-hybridized carbons (Fsp3) is 1.00. The monoisotopic (exact) mass is 199 g/mol. The van der Waals surface area contributed by atoms with E-state index in [0.29, 0.717) is 0 Å². The molecule has 1 N–H and O–H groups in total. The zero-order valence-corrected chi connectivity index (χ0v) is 9.24. The van der Waals surface area contributed by atoms with Crippen LogP contribution in [0.15, 0.2) is 0 Å². The van der Waals surface area contributed by atoms with E-state index in [4.69, 9.17) is 0 Å². The van der Waals surface area contributed by atoms with Crippen LogP contribution in [-0.2, 0) is 0 Å². The molecule has 76 valence electrons. The molecule has 0 aromatic heterocycles. The largest absolute Gasteiger partial charge is 0.316 e. The van der Waals surface area contributed by atoms with E-state index in [1.165, 1.54) is 57.4 Å². The maximum Gasteiger partial charge on any atom is 0.0172 e. The van der Waals surface area contributed by atoms with Crippen LogP contribution in [0.1, 0.15) is 38.5 Å². The van der Waals surface area contributed by atoms with Crippen molar-refractivity contribution in [2.75, 3.05) is 18.8 Å². The summed E-state index contributed by atoms with van der Waals surface area (Å²) in [4.78, 5) is 0. The molecule has 1 atom stereocenters. The lowest BCUT2D eigenvalue weighted by Gasteiger charge is -2.21. The molecule has 1 heterocycles. The predicted molar refractivity (Wildman–Crippen MR) is 60.3 cm³/mol. The van der Waals surface area contributed by atoms with Crippen LogP contribution in [0, 0.1) is 5.92 Å². The molecule has 2 fully saturated rings. The van der Waals surface area contributed by atoms with Crippen LogP contribution in [0.3, 0.4) is 0 Å². The Bertz CT molecular complexity index is 139. The van der Waals surface area contributed by atoms with E-state index in [2.05, 4.69) is 17.1 Å². The van der Waals surface area contributed by atoms with Gasteiger partial charge in [-0.1, -0.05) is 19.3 Å². The van der Waals surface area contributed by atoms with E-state index < -0.39 is 0 Å². The Kier molecular flexibility index (Phi) is 3.98. The summed E-state index contributed by atoms with van der Waals surface area (Å²) in [5.41, 5.74) is 0. The second kappa shape index (κ2) is 5.26. The molecule has 1 saturated carbocycles. The topological polar surface area (TPSA) is 12.0 Å². The molecule has 0 bridgehead atoms. The molecule has 0 radical (unpaired) electrons. The van der Waals surface area contributed by atoms with Crippen molar-refractivity contribution in [3.05, 3.63) is 0 Å². The summed E-state index contributed by atoms with van der Waals surface area (Å²) in [5.74, 6) is 2.49. The maximum absolute atomic E-state index is 3.61. The lowest BCUT2D eigenvalue weighted by molar-refractivity contribution is 0.570. The van der Waals surface area contributed by atoms with Gasteiger partial charge in [-0.05, 0) is 37.5 Å². The first-order chi connectivity index (χ1) is 6.45. The Morgan fingerprint density at radius 2 is 2.08 bits per heavy atom. The van der Waals surface area contributed by atoms with Crippen molar-refractivity contribution in [3.8, 4) is 0 Å². The molecule has 0 spiro atoms. The summed E-state index contributed by atoms with van der Waals surface area (Å²) in [5, 5.41) is 4.53. The smallest absolute Gasteiger partial charge is 0.0172 e. The van der Waals surface area contributed by atoms with Crippen molar-refractivity contribution in [2.45, 2.75) is 43.8 Å². The molecular weight excluding hydrogens is 178 g/mol. The van der Waals surface area contributed by atoms with E-state index in [-0.39, 0.29) is 0 Å². The first-order valence-electron chi connectivity index (χ1n) is 5.77. The first-order valence-corrected chi connectivity index (χ1v) is 6.82. The second-order valence-electron chi connectivity index (χ2n) is 4.42. The summed E-state index contributed by atoms with van der Waals surface area (Å²) in [6.45, 7) is 2.53. The van der Waals surface area contributed by atoms with Crippen LogP contribution >= 0.6 is 11.8 Å². The van der Waals surface area contributed by atoms with E-state index in [9.17, 15) is 0 Å². The molecule has 1 aliphatic carbocycles. The number of nitrogens with one attached hydrogen (secondary N) is 1. The molecule has 1 saturated heterocycles. The second-order valence-corrected chi connectivity index (χ2v) is 5.83. The lowest BCUT2D eigenvalue weighted by atomic mass is 10.2. The number of rotatable bonds is 5. The Hall–Kier alpha value is 0.310. The molecule has 1 unspecified atom stereocenters. The SMILES string of the molecule is C1CCC(CNCCC2CC2)SC1. The third kappa shape index (κ3) is 3.90. The van der Waals surface area contributed by atoms with Gasteiger partial charge in [0.05, 0.1) is 0 Å². The highest BCUT2D eigenvalue weighted by Gasteiger charge is 2.20. The van der Waals surface area contributed by atoms with Crippen molar-refractivity contribution in [2.24, 2.45) is 5.92 Å². The van der Waals surface area contributed by atoms with Gasteiger partial charge in [-0.3, -0.25) is 0 Å². The Morgan fingerprint density at radius 1 is 1.15 bits per heavy atom. The van der Waals surface area contributed by atoms with Crippen LogP contribution in [-0.4, -0.2) is 24.1 Å². The highest BCUT2D eigenvalue weighted by molar-refractivity contribution is 7.99. The summed E-state index contributed by atoms with van der Waals surface area (Å²) in [6, 6.07) is 0. The van der Waals surface area contributed by atoms with E-state index in [0.717, 1.165) is 11.2 Å². The van der Waals surface area contributed by atoms with Gasteiger partial charge >= 0.3 is 0 Å². The van der Waals surface area contributed by atoms with Crippen LogP contribution < -0.4 is 5.32 Å². The Balaban J connectivity index is 1.46. The number of thioether (sulfide) groups is 1. The van der Waals surface area contributed by atoms with Crippen LogP contribution in [0.5, 0.6) is 0 Å². The fourth-order valence-corrected chi connectivity index (χ4v) is 3.22. The zero-order valence-electron chi connectivity index (χ0n) is 8.43. The minimum absolute atomic E-state index is 0.924. The first kappa shape index (κ1) is 9.85. The highest BCUT2D eigenvalue weighted by atomic mass is 32.2. The fourth-order valence-electron chi connectivity index (χ4n) is 1.94. The number of hydrogen-bond donors (Lipinski definition) is 1. The molecule has 0 aromatic rings. The minimum Gasteiger partial charge on any atom is -0.316 e. The highest BCUT2D eigenvalue weighted by Crippen LogP contribution is 2.31. The van der Waals surface area contributed by atoms with Gasteiger partial charge in [-0.2, -0.15) is 11.8 Å². The third-order valence-electron chi connectivity index (χ3n) is 3.07. The average Bonchev–Trinajstić information content (AvgIpc) is 2.98. The molecule has 1 nitrogen and oxygen atoms in total. The average molecular weight is 199 g/mol. The van der Waals surface area contributed by atoms with Gasteiger partial charge in [0.15, 0.2) is 0 Å². The molecule has 2 aliphatic rings. The normalized spacial score (nSPS) is 29.1. The van der Waals surface area contributed by atoms with Gasteiger partial charge in [-0.15, -0.1) is 0 Å². The molecule has 2 rings (SSSR count). The van der Waals surface area contributed by atoms with Gasteiger partial charge in [0.2, 0.25) is 0 Å². The van der Waals surface area contributed by atoms with E-state index in [1.807, 2.05) is 0 Å². The van der Waals surface area contributed by atoms with Gasteiger partial charge in [0.25, 0.3) is 0 Å². The lowest BCUT2D eigenvalue weighted by Crippen LogP contribution is -2.27. The summed E-state index contributed by atoms with van der Waals surface area (Å²) >= 11 is 2.18. The van der Waals surface area contributed by atoms with Crippen molar-refractivity contribution in [1.82, 2.24) is 5.32 Å². The minimum atomic E-state index is 0.924. The third-order valence-corrected chi connectivity index (χ3v) is 4.47. The zero-order chi connectivity index (χ0) is 8.93. The predicted octanol–water partition coefficient (Wildman–Crippen LogP) is 2.66. The van der Waals surface area contributed by atoms with Gasteiger partial charge in [-0.25, -0.2) is 0 Å². The summed E-state index contributed by atoms with van der Waals surface area (Å²) in [6.07, 6.45) is 8.78. The molecule has 13 heavy (non-hydrogen) atoms. The van der Waals surface area contributed by atoms with Crippen molar-refractivity contribution in [3.63, 3.8) is 0 Å². The van der Waals surface area contributed by atoms with E-state index >= 15 is 0 Å². The van der Waals surface area contributed by atoms with Gasteiger partial charge in [0, 0.05) is 11.8 Å². The Labute approximate surface area is 86.0 Å². The van der Waals surface area contributed by atoms with Gasteiger partial charge < -0.3 is 5.32 Å². The van der Waals surface area contributed by atoms with Gasteiger partial charge in [0.1, 0.15) is 0 Å². The van der Waals surface area contributed by atoms with Crippen LogP contribution in [0.25, 0.3) is 0 Å². The summed E-state index contributed by atoms with van der Waals surface area (Å²) in [7, 11) is 0. The van der Waals surface area contributed by atoms with Crippen molar-refractivity contribution < 1.29 is 0 Å². The molecular formula is C11H21NS. The van der Waals surface area contributed by atoms with E-state index in [1.54, 1.807) is 0 Å². The van der Waals surface area contributed by atoms with Crippen LogP contribution in [0.4, 0.5) is 0 Å². The standard InChI is InChI=1S/C11H21NS/c1-2-8-13-11(3-1)9-12-7-6-10-4-5-10/h10-12H,1-9H2.